The molecule has 0 radical (unpaired) electrons. The molecule has 0 amide bonds. The second-order valence-electron chi connectivity index (χ2n) is 10.9. The number of aliphatic hydroxyl groups is 1. The van der Waals surface area contributed by atoms with Crippen LogP contribution >= 0.6 is 0 Å². The van der Waals surface area contributed by atoms with Crippen LogP contribution in [0.3, 0.4) is 0 Å². The van der Waals surface area contributed by atoms with Crippen molar-refractivity contribution in [3.8, 4) is 5.75 Å². The number of carboxylic acids is 1. The minimum atomic E-state index is -2.11. The molecule has 2 aromatic rings. The lowest BCUT2D eigenvalue weighted by Crippen LogP contribution is -2.47. The Morgan fingerprint density at radius 3 is 2.33 bits per heavy atom. The average molecular weight is 474 g/mol. The number of carboxylic acid groups (broad SMARTS) is 1. The van der Waals surface area contributed by atoms with Gasteiger partial charge in [-0.1, -0.05) is 39.0 Å². The molecule has 0 aliphatic rings. The van der Waals surface area contributed by atoms with Gasteiger partial charge in [-0.3, -0.25) is 0 Å². The van der Waals surface area contributed by atoms with Gasteiger partial charge in [0.05, 0.1) is 18.3 Å². The smallest absolute Gasteiger partial charge is 0.335 e. The molecule has 2 rings (SSSR count). The van der Waals surface area contributed by atoms with Crippen molar-refractivity contribution in [2.45, 2.75) is 77.4 Å². The zero-order valence-electron chi connectivity index (χ0n) is 20.9. The molecule has 182 valence electrons. The number of hydrogen-bond donors (Lipinski definition) is 4. The van der Waals surface area contributed by atoms with Gasteiger partial charge in [0.25, 0.3) is 0 Å². The lowest BCUT2D eigenvalue weighted by atomic mass is 9.93. The molecule has 2 aromatic carbocycles. The molecular weight excluding hydrogens is 434 g/mol. The summed E-state index contributed by atoms with van der Waals surface area (Å²) < 4.78 is 6.76. The minimum Gasteiger partial charge on any atom is -0.508 e. The molecule has 0 saturated carbocycles. The van der Waals surface area contributed by atoms with Gasteiger partial charge in [-0.2, -0.15) is 0 Å². The summed E-state index contributed by atoms with van der Waals surface area (Å²) in [6.07, 6.45) is 0.389. The van der Waals surface area contributed by atoms with Crippen molar-refractivity contribution in [3.05, 3.63) is 64.7 Å². The van der Waals surface area contributed by atoms with Crippen molar-refractivity contribution >= 4 is 14.3 Å². The third-order valence-corrected chi connectivity index (χ3v) is 11.0. The standard InChI is InChI=1S/C26H39NO5Si/c1-25(2,3)33(6,7)32-23(19-11-12-22(29)21(14-19)17-28)16-27-26(4,5)15-18-9-8-10-20(13-18)24(30)31/h8-14,23,27-29H,15-17H2,1-7H3,(H,30,31)/t23-/m1/s1. The zero-order valence-corrected chi connectivity index (χ0v) is 21.9. The molecule has 4 N–H and O–H groups in total. The summed E-state index contributed by atoms with van der Waals surface area (Å²) in [5.41, 5.74) is 2.28. The summed E-state index contributed by atoms with van der Waals surface area (Å²) >= 11 is 0. The molecule has 0 heterocycles. The number of aromatic hydroxyl groups is 1. The summed E-state index contributed by atoms with van der Waals surface area (Å²) in [6, 6.07) is 12.3. The Balaban J connectivity index is 2.26. The summed E-state index contributed by atoms with van der Waals surface area (Å²) in [4.78, 5) is 11.3. The molecule has 0 aliphatic heterocycles. The number of benzene rings is 2. The molecule has 0 unspecified atom stereocenters. The molecule has 0 fully saturated rings. The topological polar surface area (TPSA) is 99.0 Å². The van der Waals surface area contributed by atoms with Gasteiger partial charge in [-0.15, -0.1) is 0 Å². The molecule has 0 saturated heterocycles. The van der Waals surface area contributed by atoms with Gasteiger partial charge in [0, 0.05) is 17.6 Å². The third kappa shape index (κ3) is 7.40. The average Bonchev–Trinajstić information content (AvgIpc) is 2.70. The quantitative estimate of drug-likeness (QED) is 0.352. The molecule has 1 atom stereocenters. The fraction of sp³-hybridized carbons (Fsp3) is 0.500. The molecular formula is C26H39NO5Si. The second kappa shape index (κ2) is 10.4. The van der Waals surface area contributed by atoms with E-state index in [2.05, 4.69) is 53.0 Å². The van der Waals surface area contributed by atoms with Crippen molar-refractivity contribution < 1.29 is 24.5 Å². The Hall–Kier alpha value is -2.19. The van der Waals surface area contributed by atoms with Gasteiger partial charge in [0.2, 0.25) is 0 Å². The molecule has 0 aliphatic carbocycles. The van der Waals surface area contributed by atoms with Gasteiger partial charge in [0.15, 0.2) is 8.32 Å². The van der Waals surface area contributed by atoms with Crippen LogP contribution in [0.1, 0.15) is 67.8 Å². The van der Waals surface area contributed by atoms with E-state index in [-0.39, 0.29) is 34.6 Å². The fourth-order valence-corrected chi connectivity index (χ4v) is 4.73. The number of aliphatic hydroxyl groups excluding tert-OH is 1. The number of phenols is 1. The first-order valence-electron chi connectivity index (χ1n) is 11.3. The van der Waals surface area contributed by atoms with Crippen molar-refractivity contribution in [3.63, 3.8) is 0 Å². The maximum Gasteiger partial charge on any atom is 0.335 e. The lowest BCUT2D eigenvalue weighted by Gasteiger charge is -2.40. The second-order valence-corrected chi connectivity index (χ2v) is 15.6. The van der Waals surface area contributed by atoms with Gasteiger partial charge >= 0.3 is 5.97 Å². The van der Waals surface area contributed by atoms with Crippen molar-refractivity contribution in [1.82, 2.24) is 5.32 Å². The molecule has 0 bridgehead atoms. The van der Waals surface area contributed by atoms with Crippen molar-refractivity contribution in [2.24, 2.45) is 0 Å². The predicted octanol–water partition coefficient (Wildman–Crippen LogP) is 5.26. The van der Waals surface area contributed by atoms with Crippen LogP contribution in [0.5, 0.6) is 5.75 Å². The maximum atomic E-state index is 11.3. The Morgan fingerprint density at radius 2 is 1.76 bits per heavy atom. The van der Waals surface area contributed by atoms with E-state index >= 15 is 0 Å². The summed E-state index contributed by atoms with van der Waals surface area (Å²) in [5.74, 6) is -0.864. The van der Waals surface area contributed by atoms with E-state index in [0.717, 1.165) is 11.1 Å². The highest BCUT2D eigenvalue weighted by Gasteiger charge is 2.39. The monoisotopic (exact) mass is 473 g/mol. The normalized spacial score (nSPS) is 13.7. The highest BCUT2D eigenvalue weighted by atomic mass is 28.4. The zero-order chi connectivity index (χ0) is 25.0. The lowest BCUT2D eigenvalue weighted by molar-refractivity contribution is 0.0696. The van der Waals surface area contributed by atoms with Gasteiger partial charge < -0.3 is 25.1 Å². The van der Waals surface area contributed by atoms with E-state index < -0.39 is 14.3 Å². The van der Waals surface area contributed by atoms with E-state index in [1.54, 1.807) is 30.3 Å². The fourth-order valence-electron chi connectivity index (χ4n) is 3.45. The van der Waals surface area contributed by atoms with Gasteiger partial charge in [0.1, 0.15) is 5.75 Å². The molecule has 33 heavy (non-hydrogen) atoms. The molecule has 0 aromatic heterocycles. The number of hydrogen-bond acceptors (Lipinski definition) is 5. The van der Waals surface area contributed by atoms with Gasteiger partial charge in [-0.05, 0) is 73.8 Å². The maximum absolute atomic E-state index is 11.3. The van der Waals surface area contributed by atoms with Gasteiger partial charge in [-0.25, -0.2) is 4.79 Å². The van der Waals surface area contributed by atoms with Crippen molar-refractivity contribution in [2.75, 3.05) is 6.54 Å². The van der Waals surface area contributed by atoms with Crippen LogP contribution in [-0.2, 0) is 17.5 Å². The van der Waals surface area contributed by atoms with E-state index in [0.29, 0.717) is 18.5 Å². The van der Waals surface area contributed by atoms with Crippen LogP contribution in [0.2, 0.25) is 18.1 Å². The summed E-state index contributed by atoms with van der Waals surface area (Å²) in [6.45, 7) is 15.4. The van der Waals surface area contributed by atoms with E-state index in [4.69, 9.17) is 4.43 Å². The Labute approximate surface area is 198 Å². The predicted molar refractivity (Wildman–Crippen MR) is 134 cm³/mol. The van der Waals surface area contributed by atoms with E-state index in [9.17, 15) is 20.1 Å². The van der Waals surface area contributed by atoms with E-state index in [1.807, 2.05) is 12.1 Å². The molecule has 0 spiro atoms. The Kier molecular flexibility index (Phi) is 8.51. The number of nitrogens with one attached hydrogen (secondary N) is 1. The first-order valence-corrected chi connectivity index (χ1v) is 14.2. The van der Waals surface area contributed by atoms with Crippen LogP contribution in [0.15, 0.2) is 42.5 Å². The minimum absolute atomic E-state index is 0.0226. The number of rotatable bonds is 10. The molecule has 7 heteroatoms. The first-order chi connectivity index (χ1) is 15.1. The summed E-state index contributed by atoms with van der Waals surface area (Å²) in [5, 5.41) is 32.5. The van der Waals surface area contributed by atoms with E-state index in [1.165, 1.54) is 0 Å². The Bertz CT molecular complexity index is 965. The van der Waals surface area contributed by atoms with Crippen LogP contribution in [0.25, 0.3) is 0 Å². The largest absolute Gasteiger partial charge is 0.508 e. The Morgan fingerprint density at radius 1 is 1.09 bits per heavy atom. The number of aromatic carboxylic acids is 1. The van der Waals surface area contributed by atoms with Crippen LogP contribution in [0.4, 0.5) is 0 Å². The SMILES string of the molecule is CC(C)(Cc1cccc(C(=O)O)c1)NC[C@@H](O[Si](C)(C)C(C)(C)C)c1ccc(O)c(CO)c1. The third-order valence-electron chi connectivity index (χ3n) is 6.47. The van der Waals surface area contributed by atoms with Crippen LogP contribution in [0, 0.1) is 0 Å². The van der Waals surface area contributed by atoms with Crippen LogP contribution in [-0.4, -0.2) is 41.7 Å². The highest BCUT2D eigenvalue weighted by molar-refractivity contribution is 6.74. The first kappa shape index (κ1) is 27.1. The highest BCUT2D eigenvalue weighted by Crippen LogP contribution is 2.40. The molecule has 6 nitrogen and oxygen atoms in total. The van der Waals surface area contributed by atoms with Crippen molar-refractivity contribution in [1.29, 1.82) is 0 Å². The van der Waals surface area contributed by atoms with Crippen LogP contribution < -0.4 is 5.32 Å². The summed E-state index contributed by atoms with van der Waals surface area (Å²) in [7, 11) is -2.11. The number of carbonyl (C=O) groups is 1.